The molecule has 0 bridgehead atoms. The summed E-state index contributed by atoms with van der Waals surface area (Å²) in [6.45, 7) is 1.48. The van der Waals surface area contributed by atoms with Gasteiger partial charge in [-0.1, -0.05) is 23.8 Å². The number of nitrogens with two attached hydrogens (primary N) is 1. The molecule has 2 unspecified atom stereocenters. The molecule has 4 N–H and O–H groups in total. The number of furan rings is 1. The number of carbonyl (C=O) groups is 2. The summed E-state index contributed by atoms with van der Waals surface area (Å²) in [5.74, 6) is -0.802. The number of hydrogen-bond acceptors (Lipinski definition) is 6. The lowest BCUT2D eigenvalue weighted by molar-refractivity contribution is -0.122. The van der Waals surface area contributed by atoms with Crippen LogP contribution in [0.4, 0.5) is 0 Å². The number of ether oxygens (including phenoxy) is 1. The lowest BCUT2D eigenvalue weighted by atomic mass is 9.83. The Balaban J connectivity index is 1.68. The van der Waals surface area contributed by atoms with Gasteiger partial charge in [-0.15, -0.1) is 0 Å². The first-order valence-electron chi connectivity index (χ1n) is 8.81. The Kier molecular flexibility index (Phi) is 6.00. The average Bonchev–Trinajstić information content (AvgIpc) is 3.22. The summed E-state index contributed by atoms with van der Waals surface area (Å²) in [6.07, 6.45) is 7.75. The molecule has 7 nitrogen and oxygen atoms in total. The Labute approximate surface area is 172 Å². The van der Waals surface area contributed by atoms with Crippen LogP contribution in [0.3, 0.4) is 0 Å². The summed E-state index contributed by atoms with van der Waals surface area (Å²) in [4.78, 5) is 24.9. The van der Waals surface area contributed by atoms with Crippen molar-refractivity contribution in [2.24, 2.45) is 11.7 Å². The number of carbonyl (C=O) groups excluding carboxylic acids is 2. The van der Waals surface area contributed by atoms with Crippen molar-refractivity contribution in [1.29, 1.82) is 5.41 Å². The van der Waals surface area contributed by atoms with E-state index >= 15 is 0 Å². The lowest BCUT2D eigenvalue weighted by Gasteiger charge is -2.29. The molecule has 0 saturated heterocycles. The van der Waals surface area contributed by atoms with Crippen LogP contribution in [-0.2, 0) is 4.79 Å². The topological polar surface area (TPSA) is 118 Å². The van der Waals surface area contributed by atoms with Gasteiger partial charge in [0.05, 0.1) is 11.8 Å². The zero-order chi connectivity index (χ0) is 21.0. The van der Waals surface area contributed by atoms with E-state index < -0.39 is 17.2 Å². The maximum absolute atomic E-state index is 12.6. The van der Waals surface area contributed by atoms with Crippen LogP contribution in [0.2, 0.25) is 5.02 Å². The minimum Gasteiger partial charge on any atom is -0.483 e. The first kappa shape index (κ1) is 20.6. The van der Waals surface area contributed by atoms with Crippen LogP contribution in [-0.4, -0.2) is 30.1 Å². The molecule has 1 heterocycles. The number of amides is 1. The van der Waals surface area contributed by atoms with Crippen molar-refractivity contribution in [3.63, 3.8) is 0 Å². The summed E-state index contributed by atoms with van der Waals surface area (Å²) in [7, 11) is 0. The zero-order valence-corrected chi connectivity index (χ0v) is 16.4. The van der Waals surface area contributed by atoms with Crippen molar-refractivity contribution < 1.29 is 18.7 Å². The molecule has 0 saturated carbocycles. The molecule has 1 aliphatic rings. The fraction of sp³-hybridized carbons (Fsp3) is 0.190. The minimum absolute atomic E-state index is 0.140. The van der Waals surface area contributed by atoms with Crippen LogP contribution in [0.25, 0.3) is 0 Å². The third kappa shape index (κ3) is 4.82. The Hall–Kier alpha value is -3.16. The second-order valence-corrected chi connectivity index (χ2v) is 7.23. The highest BCUT2D eigenvalue weighted by molar-refractivity contribution is 6.31. The predicted molar refractivity (Wildman–Crippen MR) is 109 cm³/mol. The van der Waals surface area contributed by atoms with Crippen molar-refractivity contribution in [3.05, 3.63) is 76.9 Å². The van der Waals surface area contributed by atoms with Gasteiger partial charge >= 0.3 is 0 Å². The van der Waals surface area contributed by atoms with E-state index in [1.807, 2.05) is 0 Å². The van der Waals surface area contributed by atoms with E-state index in [-0.39, 0.29) is 29.6 Å². The van der Waals surface area contributed by atoms with E-state index in [1.165, 1.54) is 30.7 Å². The molecule has 1 aromatic carbocycles. The quantitative estimate of drug-likeness (QED) is 0.476. The Morgan fingerprint density at radius 3 is 2.90 bits per heavy atom. The van der Waals surface area contributed by atoms with E-state index in [9.17, 15) is 9.59 Å². The maximum Gasteiger partial charge on any atom is 0.262 e. The number of halogens is 1. The Morgan fingerprint density at radius 2 is 2.21 bits per heavy atom. The first-order chi connectivity index (χ1) is 13.8. The molecule has 3 rings (SSSR count). The number of ketones is 1. The molecular weight excluding hydrogens is 394 g/mol. The second kappa shape index (κ2) is 8.46. The molecule has 2 aromatic rings. The Morgan fingerprint density at radius 1 is 1.41 bits per heavy atom. The number of hydrogen-bond donors (Lipinski definition) is 3. The smallest absolute Gasteiger partial charge is 0.262 e. The normalized spacial score (nSPS) is 20.7. The predicted octanol–water partition coefficient (Wildman–Crippen LogP) is 3.10. The second-order valence-electron chi connectivity index (χ2n) is 6.80. The first-order valence-corrected chi connectivity index (χ1v) is 9.19. The van der Waals surface area contributed by atoms with Crippen molar-refractivity contribution >= 4 is 29.5 Å². The third-order valence-electron chi connectivity index (χ3n) is 4.45. The number of allylic oxidation sites excluding steroid dienone is 1. The fourth-order valence-corrected chi connectivity index (χ4v) is 2.98. The molecule has 150 valence electrons. The standard InChI is InChI=1S/C21H20ClN3O4/c1-21(24)7-6-15(9-13(21)11-23)25-19(26)12-29-17-5-4-14(22)10-16(17)20(27)18-3-2-8-28-18/h2-11,13,23H,12,24H2,1H3,(H,25,26). The van der Waals surface area contributed by atoms with Gasteiger partial charge in [0.25, 0.3) is 5.91 Å². The van der Waals surface area contributed by atoms with E-state index in [4.69, 9.17) is 31.9 Å². The number of benzene rings is 1. The van der Waals surface area contributed by atoms with Crippen LogP contribution in [0.1, 0.15) is 23.0 Å². The lowest BCUT2D eigenvalue weighted by Crippen LogP contribution is -2.44. The average molecular weight is 414 g/mol. The number of rotatable bonds is 7. The molecule has 1 amide bonds. The molecule has 8 heteroatoms. The van der Waals surface area contributed by atoms with Crippen LogP contribution >= 0.6 is 11.6 Å². The van der Waals surface area contributed by atoms with Crippen LogP contribution in [0.15, 0.2) is 64.9 Å². The molecule has 1 aromatic heterocycles. The van der Waals surface area contributed by atoms with Crippen molar-refractivity contribution in [3.8, 4) is 5.75 Å². The maximum atomic E-state index is 12.6. The van der Waals surface area contributed by atoms with Gasteiger partial charge in [-0.05, 0) is 43.3 Å². The van der Waals surface area contributed by atoms with Crippen molar-refractivity contribution in [2.75, 3.05) is 6.61 Å². The van der Waals surface area contributed by atoms with E-state index in [1.54, 1.807) is 37.3 Å². The van der Waals surface area contributed by atoms with Crippen molar-refractivity contribution in [1.82, 2.24) is 5.32 Å². The van der Waals surface area contributed by atoms with E-state index in [0.29, 0.717) is 10.7 Å². The summed E-state index contributed by atoms with van der Waals surface area (Å²) >= 11 is 6.00. The molecule has 0 spiro atoms. The zero-order valence-electron chi connectivity index (χ0n) is 15.6. The van der Waals surface area contributed by atoms with Gasteiger partial charge in [0.2, 0.25) is 5.78 Å². The van der Waals surface area contributed by atoms with Gasteiger partial charge in [-0.2, -0.15) is 0 Å². The third-order valence-corrected chi connectivity index (χ3v) is 4.69. The largest absolute Gasteiger partial charge is 0.483 e. The van der Waals surface area contributed by atoms with Crippen LogP contribution < -0.4 is 15.8 Å². The van der Waals surface area contributed by atoms with Gasteiger partial charge in [0.1, 0.15) is 5.75 Å². The van der Waals surface area contributed by atoms with Gasteiger partial charge in [-0.25, -0.2) is 0 Å². The van der Waals surface area contributed by atoms with Gasteiger partial charge < -0.3 is 25.6 Å². The molecular formula is C21H20ClN3O4. The van der Waals surface area contributed by atoms with Gasteiger partial charge in [-0.3, -0.25) is 9.59 Å². The molecule has 2 atom stereocenters. The van der Waals surface area contributed by atoms with Crippen LogP contribution in [0, 0.1) is 11.3 Å². The Bertz CT molecular complexity index is 993. The minimum atomic E-state index is -0.684. The van der Waals surface area contributed by atoms with Gasteiger partial charge in [0, 0.05) is 28.4 Å². The monoisotopic (exact) mass is 413 g/mol. The highest BCUT2D eigenvalue weighted by Crippen LogP contribution is 2.26. The summed E-state index contributed by atoms with van der Waals surface area (Å²) in [6, 6.07) is 7.69. The van der Waals surface area contributed by atoms with Crippen LogP contribution in [0.5, 0.6) is 5.75 Å². The molecule has 0 aliphatic heterocycles. The molecule has 0 radical (unpaired) electrons. The van der Waals surface area contributed by atoms with E-state index in [2.05, 4.69) is 5.32 Å². The molecule has 0 fully saturated rings. The highest BCUT2D eigenvalue weighted by atomic mass is 35.5. The van der Waals surface area contributed by atoms with E-state index in [0.717, 1.165) is 0 Å². The summed E-state index contributed by atoms with van der Waals surface area (Å²) < 4.78 is 10.7. The highest BCUT2D eigenvalue weighted by Gasteiger charge is 2.27. The van der Waals surface area contributed by atoms with Gasteiger partial charge in [0.15, 0.2) is 12.4 Å². The molecule has 1 aliphatic carbocycles. The molecule has 29 heavy (non-hydrogen) atoms. The SMILES string of the molecule is CC1(N)C=CC(NC(=O)COc2ccc(Cl)cc2C(=O)c2ccco2)=CC1C=N. The van der Waals surface area contributed by atoms with Crippen molar-refractivity contribution in [2.45, 2.75) is 12.5 Å². The number of nitrogens with one attached hydrogen (secondary N) is 2. The fourth-order valence-electron chi connectivity index (χ4n) is 2.81. The summed E-state index contributed by atoms with van der Waals surface area (Å²) in [5, 5.41) is 10.5. The summed E-state index contributed by atoms with van der Waals surface area (Å²) in [5.41, 5.74) is 6.12.